The van der Waals surface area contributed by atoms with Gasteiger partial charge in [0.2, 0.25) is 5.89 Å². The Morgan fingerprint density at radius 1 is 1.03 bits per heavy atom. The van der Waals surface area contributed by atoms with Crippen molar-refractivity contribution in [2.24, 2.45) is 0 Å². The lowest BCUT2D eigenvalue weighted by atomic mass is 9.98. The monoisotopic (exact) mass is 457 g/mol. The standard InChI is InChI=1S/C27H27N3O2S/c1-4-17(3)21-12-15-24-23(16-21)29-26(32-24)20-10-13-22(14-11-20)28-27(33)30-25(31)19-8-6-18(5-2)7-9-19/h6-17H,4-5H2,1-3H3,(H2,28,30,31,33). The van der Waals surface area contributed by atoms with Crippen LogP contribution >= 0.6 is 12.2 Å². The third-order valence-electron chi connectivity index (χ3n) is 5.83. The number of hydrogen-bond acceptors (Lipinski definition) is 4. The number of carbonyl (C=O) groups excluding carboxylic acids is 1. The van der Waals surface area contributed by atoms with Gasteiger partial charge in [-0.2, -0.15) is 0 Å². The maximum Gasteiger partial charge on any atom is 0.257 e. The van der Waals surface area contributed by atoms with Gasteiger partial charge in [0.05, 0.1) is 0 Å². The van der Waals surface area contributed by atoms with E-state index in [1.165, 1.54) is 11.1 Å². The fourth-order valence-electron chi connectivity index (χ4n) is 3.54. The van der Waals surface area contributed by atoms with Crippen LogP contribution in [0.4, 0.5) is 5.69 Å². The number of thiocarbonyl (C=S) groups is 1. The molecule has 1 amide bonds. The lowest BCUT2D eigenvalue weighted by Gasteiger charge is -2.10. The molecule has 33 heavy (non-hydrogen) atoms. The Morgan fingerprint density at radius 3 is 2.42 bits per heavy atom. The average Bonchev–Trinajstić information content (AvgIpc) is 3.27. The van der Waals surface area contributed by atoms with Gasteiger partial charge in [0.15, 0.2) is 10.7 Å². The summed E-state index contributed by atoms with van der Waals surface area (Å²) in [6, 6.07) is 21.3. The first kappa shape index (κ1) is 22.7. The van der Waals surface area contributed by atoms with Crippen LogP contribution in [0, 0.1) is 0 Å². The summed E-state index contributed by atoms with van der Waals surface area (Å²) in [5.74, 6) is 0.819. The van der Waals surface area contributed by atoms with Crippen LogP contribution in [0.3, 0.4) is 0 Å². The lowest BCUT2D eigenvalue weighted by molar-refractivity contribution is 0.0977. The Balaban J connectivity index is 1.41. The van der Waals surface area contributed by atoms with Crippen LogP contribution in [-0.4, -0.2) is 16.0 Å². The van der Waals surface area contributed by atoms with Crippen molar-refractivity contribution < 1.29 is 9.21 Å². The van der Waals surface area contributed by atoms with Gasteiger partial charge in [-0.3, -0.25) is 10.1 Å². The summed E-state index contributed by atoms with van der Waals surface area (Å²) in [6.45, 7) is 6.47. The van der Waals surface area contributed by atoms with E-state index in [0.717, 1.165) is 35.2 Å². The number of carbonyl (C=O) groups is 1. The van der Waals surface area contributed by atoms with E-state index in [0.29, 0.717) is 17.4 Å². The number of aromatic nitrogens is 1. The molecule has 4 rings (SSSR count). The molecule has 0 saturated heterocycles. The Hall–Kier alpha value is -3.51. The van der Waals surface area contributed by atoms with E-state index in [1.807, 2.05) is 42.5 Å². The van der Waals surface area contributed by atoms with Crippen LogP contribution < -0.4 is 10.6 Å². The number of oxazole rings is 1. The molecule has 0 bridgehead atoms. The lowest BCUT2D eigenvalue weighted by Crippen LogP contribution is -2.34. The molecule has 1 unspecified atom stereocenters. The molecule has 5 nitrogen and oxygen atoms in total. The van der Waals surface area contributed by atoms with Crippen molar-refractivity contribution in [1.29, 1.82) is 0 Å². The number of aryl methyl sites for hydroxylation is 1. The van der Waals surface area contributed by atoms with Crippen LogP contribution in [0.15, 0.2) is 71.1 Å². The summed E-state index contributed by atoms with van der Waals surface area (Å²) in [5.41, 5.74) is 6.28. The van der Waals surface area contributed by atoms with Crippen molar-refractivity contribution in [2.75, 3.05) is 5.32 Å². The molecule has 1 aromatic heterocycles. The number of hydrogen-bond donors (Lipinski definition) is 2. The van der Waals surface area contributed by atoms with Gasteiger partial charge in [0, 0.05) is 16.8 Å². The van der Waals surface area contributed by atoms with E-state index in [1.54, 1.807) is 12.1 Å². The van der Waals surface area contributed by atoms with Crippen LogP contribution in [0.1, 0.15) is 54.6 Å². The van der Waals surface area contributed by atoms with Crippen LogP contribution in [0.2, 0.25) is 0 Å². The molecule has 0 radical (unpaired) electrons. The minimum atomic E-state index is -0.241. The molecule has 0 aliphatic heterocycles. The van der Waals surface area contributed by atoms with Gasteiger partial charge >= 0.3 is 0 Å². The number of benzene rings is 3. The number of amides is 1. The summed E-state index contributed by atoms with van der Waals surface area (Å²) < 4.78 is 5.95. The summed E-state index contributed by atoms with van der Waals surface area (Å²) in [5, 5.41) is 6.00. The molecule has 4 aromatic rings. The molecule has 6 heteroatoms. The molecule has 0 fully saturated rings. The van der Waals surface area contributed by atoms with E-state index in [-0.39, 0.29) is 11.0 Å². The Morgan fingerprint density at radius 2 is 1.76 bits per heavy atom. The van der Waals surface area contributed by atoms with Gasteiger partial charge in [-0.05, 0) is 90.6 Å². The SMILES string of the molecule is CCc1ccc(C(=O)NC(=S)Nc2ccc(-c3nc4cc(C(C)CC)ccc4o3)cc2)cc1. The number of nitrogens with one attached hydrogen (secondary N) is 2. The van der Waals surface area contributed by atoms with Crippen LogP contribution in [0.5, 0.6) is 0 Å². The summed E-state index contributed by atoms with van der Waals surface area (Å²) in [7, 11) is 0. The van der Waals surface area contributed by atoms with Gasteiger partial charge < -0.3 is 9.73 Å². The van der Waals surface area contributed by atoms with E-state index < -0.39 is 0 Å². The van der Waals surface area contributed by atoms with E-state index in [4.69, 9.17) is 16.6 Å². The fourth-order valence-corrected chi connectivity index (χ4v) is 3.75. The third kappa shape index (κ3) is 5.29. The normalized spacial score (nSPS) is 11.8. The predicted molar refractivity (Wildman–Crippen MR) is 138 cm³/mol. The molecule has 3 aromatic carbocycles. The highest BCUT2D eigenvalue weighted by Crippen LogP contribution is 2.28. The highest BCUT2D eigenvalue weighted by atomic mass is 32.1. The molecule has 0 aliphatic carbocycles. The highest BCUT2D eigenvalue weighted by molar-refractivity contribution is 7.80. The van der Waals surface area contributed by atoms with Gasteiger partial charge in [0.25, 0.3) is 5.91 Å². The van der Waals surface area contributed by atoms with Gasteiger partial charge in [0.1, 0.15) is 5.52 Å². The topological polar surface area (TPSA) is 67.2 Å². The molecule has 1 heterocycles. The van der Waals surface area contributed by atoms with Gasteiger partial charge in [-0.15, -0.1) is 0 Å². The number of nitrogens with zero attached hydrogens (tertiary/aromatic N) is 1. The van der Waals surface area contributed by atoms with Crippen molar-refractivity contribution >= 4 is 40.0 Å². The zero-order chi connectivity index (χ0) is 23.4. The molecule has 0 spiro atoms. The van der Waals surface area contributed by atoms with E-state index >= 15 is 0 Å². The number of fused-ring (bicyclic) bond motifs is 1. The number of anilines is 1. The first-order valence-corrected chi connectivity index (χ1v) is 11.6. The van der Waals surface area contributed by atoms with Crippen molar-refractivity contribution in [2.45, 2.75) is 39.5 Å². The van der Waals surface area contributed by atoms with Crippen LogP contribution in [0.25, 0.3) is 22.6 Å². The molecule has 168 valence electrons. The summed E-state index contributed by atoms with van der Waals surface area (Å²) in [6.07, 6.45) is 2.01. The van der Waals surface area contributed by atoms with Crippen molar-refractivity contribution in [3.8, 4) is 11.5 Å². The van der Waals surface area contributed by atoms with Crippen LogP contribution in [-0.2, 0) is 6.42 Å². The third-order valence-corrected chi connectivity index (χ3v) is 6.04. The Bertz CT molecular complexity index is 1280. The molecular weight excluding hydrogens is 430 g/mol. The zero-order valence-corrected chi connectivity index (χ0v) is 19.8. The summed E-state index contributed by atoms with van der Waals surface area (Å²) in [4.78, 5) is 17.1. The van der Waals surface area contributed by atoms with E-state index in [9.17, 15) is 4.79 Å². The maximum absolute atomic E-state index is 12.4. The second kappa shape index (κ2) is 9.96. The number of rotatable bonds is 6. The second-order valence-electron chi connectivity index (χ2n) is 8.09. The smallest absolute Gasteiger partial charge is 0.257 e. The van der Waals surface area contributed by atoms with E-state index in [2.05, 4.69) is 48.5 Å². The molecule has 2 N–H and O–H groups in total. The zero-order valence-electron chi connectivity index (χ0n) is 19.0. The van der Waals surface area contributed by atoms with Gasteiger partial charge in [-0.25, -0.2) is 4.98 Å². The first-order valence-electron chi connectivity index (χ1n) is 11.2. The molecular formula is C27H27N3O2S. The van der Waals surface area contributed by atoms with Crippen molar-refractivity contribution in [1.82, 2.24) is 10.3 Å². The molecule has 1 atom stereocenters. The fraction of sp³-hybridized carbons (Fsp3) is 0.222. The Labute approximate surface area is 199 Å². The van der Waals surface area contributed by atoms with Crippen molar-refractivity contribution in [3.63, 3.8) is 0 Å². The Kier molecular flexibility index (Phi) is 6.84. The quantitative estimate of drug-likeness (QED) is 0.315. The first-order chi connectivity index (χ1) is 16.0. The second-order valence-corrected chi connectivity index (χ2v) is 8.50. The predicted octanol–water partition coefficient (Wildman–Crippen LogP) is 6.70. The maximum atomic E-state index is 12.4. The minimum absolute atomic E-state index is 0.241. The average molecular weight is 458 g/mol. The highest BCUT2D eigenvalue weighted by Gasteiger charge is 2.12. The van der Waals surface area contributed by atoms with Gasteiger partial charge in [-0.1, -0.05) is 39.0 Å². The van der Waals surface area contributed by atoms with Crippen molar-refractivity contribution in [3.05, 3.63) is 83.4 Å². The molecule has 0 aliphatic rings. The minimum Gasteiger partial charge on any atom is -0.436 e. The summed E-state index contributed by atoms with van der Waals surface area (Å²) >= 11 is 5.30. The largest absolute Gasteiger partial charge is 0.436 e. The molecule has 0 saturated carbocycles.